The number of carbonyl (C=O) groups is 2. The Hall–Kier alpha value is -1.06. The van der Waals surface area contributed by atoms with Crippen LogP contribution in [0.3, 0.4) is 0 Å². The molecule has 0 spiro atoms. The van der Waals surface area contributed by atoms with Gasteiger partial charge in [-0.15, -0.1) is 0 Å². The Kier molecular flexibility index (Phi) is 46.7. The highest BCUT2D eigenvalue weighted by atomic mass is 16.2. The van der Waals surface area contributed by atoms with Crippen molar-refractivity contribution >= 4 is 11.8 Å². The van der Waals surface area contributed by atoms with E-state index >= 15 is 0 Å². The van der Waals surface area contributed by atoms with Crippen LogP contribution in [0.2, 0.25) is 0 Å². The first-order valence-electron chi connectivity index (χ1n) is 25.5. The molecule has 0 aliphatic heterocycles. The van der Waals surface area contributed by atoms with Crippen LogP contribution in [-0.4, -0.2) is 75.1 Å². The molecule has 0 aromatic carbocycles. The summed E-state index contributed by atoms with van der Waals surface area (Å²) >= 11 is 0. The Balaban J connectivity index is 4.53. The van der Waals surface area contributed by atoms with Crippen LogP contribution in [0.5, 0.6) is 0 Å². The van der Waals surface area contributed by atoms with Crippen LogP contribution in [0.4, 0.5) is 0 Å². The third kappa shape index (κ3) is 42.9. The van der Waals surface area contributed by atoms with Gasteiger partial charge < -0.3 is 22.1 Å². The maximum atomic E-state index is 13.2. The first-order valence-corrected chi connectivity index (χ1v) is 25.5. The van der Waals surface area contributed by atoms with Crippen molar-refractivity contribution in [1.29, 1.82) is 0 Å². The third-order valence-electron chi connectivity index (χ3n) is 11.8. The van der Waals surface area contributed by atoms with Gasteiger partial charge in [0, 0.05) is 0 Å². The zero-order valence-corrected chi connectivity index (χ0v) is 38.6. The Morgan fingerprint density at radius 3 is 1.14 bits per heavy atom. The summed E-state index contributed by atoms with van der Waals surface area (Å²) in [6.45, 7) is 10.4. The number of nitrogens with one attached hydrogen (secondary N) is 3. The van der Waals surface area contributed by atoms with Crippen LogP contribution in [0.1, 0.15) is 245 Å². The number of hydrogen-bond acceptors (Lipinski definition) is 7. The molecule has 0 bridgehead atoms. The summed E-state index contributed by atoms with van der Waals surface area (Å²) in [6, 6.07) is -0.383. The Bertz CT molecular complexity index is 779. The molecule has 57 heavy (non-hydrogen) atoms. The van der Waals surface area contributed by atoms with Crippen molar-refractivity contribution in [3.8, 4) is 0 Å². The lowest BCUT2D eigenvalue weighted by Crippen LogP contribution is -2.49. The van der Waals surface area contributed by atoms with Crippen molar-refractivity contribution in [1.82, 2.24) is 20.9 Å². The summed E-state index contributed by atoms with van der Waals surface area (Å²) in [6.07, 6.45) is 46.9. The molecule has 0 saturated carbocycles. The Labute approximate surface area is 356 Å². The number of carbonyl (C=O) groups excluding carboxylic acids is 2. The smallest absolute Gasteiger partial charge is 0.243 e. The molecule has 1 atom stereocenters. The highest BCUT2D eigenvalue weighted by molar-refractivity contribution is 5.98. The summed E-state index contributed by atoms with van der Waals surface area (Å²) in [5.41, 5.74) is 11.3. The van der Waals surface area contributed by atoms with E-state index in [0.717, 1.165) is 58.3 Å². The largest absolute Gasteiger partial charge is 0.330 e. The topological polar surface area (TPSA) is 126 Å². The van der Waals surface area contributed by atoms with E-state index in [2.05, 4.69) is 34.7 Å². The molecule has 0 aliphatic carbocycles. The molecule has 0 saturated heterocycles. The average Bonchev–Trinajstić information content (AvgIpc) is 3.20. The summed E-state index contributed by atoms with van der Waals surface area (Å²) in [5.74, 6) is -0.372. The second kappa shape index (κ2) is 47.6. The molecule has 8 nitrogen and oxygen atoms in total. The van der Waals surface area contributed by atoms with Crippen LogP contribution in [0.15, 0.2) is 0 Å². The quantitative estimate of drug-likeness (QED) is 0.0388. The summed E-state index contributed by atoms with van der Waals surface area (Å²) in [4.78, 5) is 28.8. The van der Waals surface area contributed by atoms with E-state index in [1.54, 1.807) is 0 Å². The molecule has 0 heterocycles. The van der Waals surface area contributed by atoms with Gasteiger partial charge in [0.2, 0.25) is 11.8 Å². The molecule has 2 amide bonds. The van der Waals surface area contributed by atoms with Crippen molar-refractivity contribution in [2.45, 2.75) is 251 Å². The van der Waals surface area contributed by atoms with Crippen LogP contribution in [-0.2, 0) is 9.59 Å². The molecule has 0 aromatic rings. The SMILES string of the molecule is CCCCCCCCCCCCCCCCCCN(CCCCCCCCCCCCCCCCCC)CC(=O)NC(=O)[C@H](CCCNCCCN)NCCCN. The highest BCUT2D eigenvalue weighted by Crippen LogP contribution is 2.16. The van der Waals surface area contributed by atoms with Crippen LogP contribution in [0, 0.1) is 0 Å². The Morgan fingerprint density at radius 1 is 0.439 bits per heavy atom. The molecule has 0 fully saturated rings. The summed E-state index contributed by atoms with van der Waals surface area (Å²) in [7, 11) is 0. The molecule has 340 valence electrons. The monoisotopic (exact) mass is 807 g/mol. The first-order chi connectivity index (χ1) is 28.1. The van der Waals surface area contributed by atoms with Gasteiger partial charge in [-0.1, -0.05) is 206 Å². The summed E-state index contributed by atoms with van der Waals surface area (Å²) in [5, 5.41) is 9.50. The van der Waals surface area contributed by atoms with Gasteiger partial charge >= 0.3 is 0 Å². The van der Waals surface area contributed by atoms with Gasteiger partial charge in [0.25, 0.3) is 0 Å². The van der Waals surface area contributed by atoms with Crippen molar-refractivity contribution in [2.75, 3.05) is 52.4 Å². The minimum Gasteiger partial charge on any atom is -0.330 e. The fraction of sp³-hybridized carbons (Fsp3) is 0.959. The molecule has 7 N–H and O–H groups in total. The third-order valence-corrected chi connectivity index (χ3v) is 11.8. The van der Waals surface area contributed by atoms with Gasteiger partial charge in [0.15, 0.2) is 0 Å². The predicted octanol–water partition coefficient (Wildman–Crippen LogP) is 11.5. The minimum atomic E-state index is -0.383. The van der Waals surface area contributed by atoms with E-state index in [0.29, 0.717) is 32.6 Å². The van der Waals surface area contributed by atoms with Gasteiger partial charge in [-0.05, 0) is 84.3 Å². The molecular weight excluding hydrogens is 705 g/mol. The number of nitrogens with zero attached hydrogens (tertiary/aromatic N) is 1. The molecule has 8 heteroatoms. The maximum Gasteiger partial charge on any atom is 0.243 e. The van der Waals surface area contributed by atoms with Gasteiger partial charge in [0.1, 0.15) is 0 Å². The van der Waals surface area contributed by atoms with E-state index in [9.17, 15) is 9.59 Å². The molecule has 0 radical (unpaired) electrons. The van der Waals surface area contributed by atoms with E-state index in [-0.39, 0.29) is 17.9 Å². The number of nitrogens with two attached hydrogens (primary N) is 2. The lowest BCUT2D eigenvalue weighted by atomic mass is 10.0. The number of imide groups is 1. The van der Waals surface area contributed by atoms with E-state index in [4.69, 9.17) is 11.5 Å². The molecule has 0 unspecified atom stereocenters. The van der Waals surface area contributed by atoms with Crippen LogP contribution < -0.4 is 27.4 Å². The predicted molar refractivity (Wildman–Crippen MR) is 250 cm³/mol. The van der Waals surface area contributed by atoms with Crippen molar-refractivity contribution in [3.05, 3.63) is 0 Å². The van der Waals surface area contributed by atoms with Crippen LogP contribution >= 0.6 is 0 Å². The Morgan fingerprint density at radius 2 is 0.772 bits per heavy atom. The van der Waals surface area contributed by atoms with Crippen molar-refractivity contribution in [2.24, 2.45) is 11.5 Å². The van der Waals surface area contributed by atoms with Gasteiger partial charge in [-0.2, -0.15) is 0 Å². The number of rotatable bonds is 48. The van der Waals surface area contributed by atoms with E-state index in [1.807, 2.05) is 0 Å². The van der Waals surface area contributed by atoms with Gasteiger partial charge in [0.05, 0.1) is 12.6 Å². The molecule has 0 aliphatic rings. The minimum absolute atomic E-state index is 0.167. The molecule has 0 aromatic heterocycles. The fourth-order valence-electron chi connectivity index (χ4n) is 7.99. The van der Waals surface area contributed by atoms with Gasteiger partial charge in [-0.3, -0.25) is 19.8 Å². The zero-order chi connectivity index (χ0) is 41.5. The number of amides is 2. The molecular formula is C49H102N6O2. The first kappa shape index (κ1) is 55.9. The average molecular weight is 807 g/mol. The summed E-state index contributed by atoms with van der Waals surface area (Å²) < 4.78 is 0. The highest BCUT2D eigenvalue weighted by Gasteiger charge is 2.21. The van der Waals surface area contributed by atoms with Gasteiger partial charge in [-0.25, -0.2) is 0 Å². The standard InChI is InChI=1S/C49H102N6O2/c1-3-5-7-9-11-13-15-17-19-21-23-25-27-29-31-33-44-55(45-34-32-30-28-26-24-22-20-18-16-14-12-10-8-6-4-2)46-48(56)54-49(57)47(53-43-37-40-51)38-35-41-52-42-36-39-50/h47,52-53H,3-46,50-51H2,1-2H3,(H,54,56,57)/t47-/m0/s1. The van der Waals surface area contributed by atoms with Crippen LogP contribution in [0.25, 0.3) is 0 Å². The van der Waals surface area contributed by atoms with E-state index < -0.39 is 0 Å². The van der Waals surface area contributed by atoms with Crippen molar-refractivity contribution in [3.63, 3.8) is 0 Å². The second-order valence-corrected chi connectivity index (χ2v) is 17.5. The molecule has 0 rings (SSSR count). The lowest BCUT2D eigenvalue weighted by molar-refractivity contribution is -0.132. The number of hydrogen-bond donors (Lipinski definition) is 5. The zero-order valence-electron chi connectivity index (χ0n) is 38.6. The lowest BCUT2D eigenvalue weighted by Gasteiger charge is -2.23. The van der Waals surface area contributed by atoms with E-state index in [1.165, 1.54) is 193 Å². The normalized spacial score (nSPS) is 12.2. The fourth-order valence-corrected chi connectivity index (χ4v) is 7.99. The maximum absolute atomic E-state index is 13.2. The second-order valence-electron chi connectivity index (χ2n) is 17.5. The van der Waals surface area contributed by atoms with Crippen molar-refractivity contribution < 1.29 is 9.59 Å². The number of unbranched alkanes of at least 4 members (excludes halogenated alkanes) is 30.